The van der Waals surface area contributed by atoms with E-state index in [2.05, 4.69) is 33.0 Å². The van der Waals surface area contributed by atoms with Crippen LogP contribution in [0.25, 0.3) is 0 Å². The third-order valence-electron chi connectivity index (χ3n) is 4.33. The van der Waals surface area contributed by atoms with Gasteiger partial charge in [-0.2, -0.15) is 0 Å². The fourth-order valence-corrected chi connectivity index (χ4v) is 2.55. The number of rotatable bonds is 5. The molecule has 0 aromatic carbocycles. The molecular weight excluding hydrogens is 200 g/mol. The van der Waals surface area contributed by atoms with Crippen LogP contribution >= 0.6 is 0 Å². The zero-order chi connectivity index (χ0) is 12.4. The first-order valence-electron chi connectivity index (χ1n) is 6.44. The van der Waals surface area contributed by atoms with Crippen molar-refractivity contribution in [2.75, 3.05) is 6.54 Å². The summed E-state index contributed by atoms with van der Waals surface area (Å²) in [6.07, 6.45) is 3.81. The molecule has 16 heavy (non-hydrogen) atoms. The van der Waals surface area contributed by atoms with Gasteiger partial charge in [-0.1, -0.05) is 20.8 Å². The monoisotopic (exact) mass is 226 g/mol. The highest BCUT2D eigenvalue weighted by Gasteiger charge is 2.48. The van der Waals surface area contributed by atoms with Crippen molar-refractivity contribution in [2.45, 2.75) is 58.9 Å². The Morgan fingerprint density at radius 1 is 1.44 bits per heavy atom. The lowest BCUT2D eigenvalue weighted by Crippen LogP contribution is -2.58. The Labute approximate surface area is 99.2 Å². The predicted octanol–water partition coefficient (Wildman–Crippen LogP) is 2.06. The van der Waals surface area contributed by atoms with Crippen molar-refractivity contribution in [1.29, 1.82) is 0 Å². The molecule has 0 heterocycles. The fraction of sp³-hybridized carbons (Fsp3) is 0.923. The van der Waals surface area contributed by atoms with E-state index in [0.29, 0.717) is 12.5 Å². The molecule has 3 nitrogen and oxygen atoms in total. The number of carbonyl (C=O) groups excluding carboxylic acids is 1. The van der Waals surface area contributed by atoms with E-state index >= 15 is 0 Å². The number of hydrogen-bond donors (Lipinski definition) is 2. The summed E-state index contributed by atoms with van der Waals surface area (Å²) in [5, 5.41) is 3.19. The quantitative estimate of drug-likeness (QED) is 0.754. The third-order valence-corrected chi connectivity index (χ3v) is 4.33. The second-order valence-electron chi connectivity index (χ2n) is 5.72. The molecule has 1 fully saturated rings. The topological polar surface area (TPSA) is 55.1 Å². The average molecular weight is 226 g/mol. The van der Waals surface area contributed by atoms with Gasteiger partial charge in [0, 0.05) is 12.1 Å². The summed E-state index contributed by atoms with van der Waals surface area (Å²) in [5.74, 6) is 0.808. The zero-order valence-electron chi connectivity index (χ0n) is 11.1. The number of amides is 1. The highest BCUT2D eigenvalue weighted by molar-refractivity contribution is 5.84. The van der Waals surface area contributed by atoms with Crippen LogP contribution in [-0.2, 0) is 4.79 Å². The van der Waals surface area contributed by atoms with Gasteiger partial charge in [-0.15, -0.1) is 0 Å². The number of nitrogens with one attached hydrogen (secondary N) is 1. The van der Waals surface area contributed by atoms with E-state index in [9.17, 15) is 4.79 Å². The Kier molecular flexibility index (Phi) is 4.00. The normalized spacial score (nSPS) is 29.7. The molecule has 0 aromatic heterocycles. The lowest BCUT2D eigenvalue weighted by Gasteiger charge is -2.46. The van der Waals surface area contributed by atoms with Crippen LogP contribution in [0.4, 0.5) is 0 Å². The Balaban J connectivity index is 2.64. The predicted molar refractivity (Wildman–Crippen MR) is 67.0 cm³/mol. The number of hydrogen-bond acceptors (Lipinski definition) is 2. The highest BCUT2D eigenvalue weighted by Crippen LogP contribution is 2.45. The molecule has 1 aliphatic carbocycles. The summed E-state index contributed by atoms with van der Waals surface area (Å²) in [6, 6.07) is 0. The van der Waals surface area contributed by atoms with E-state index < -0.39 is 0 Å². The van der Waals surface area contributed by atoms with E-state index in [1.54, 1.807) is 0 Å². The molecule has 0 radical (unpaired) electrons. The van der Waals surface area contributed by atoms with Gasteiger partial charge in [0.1, 0.15) is 0 Å². The maximum Gasteiger partial charge on any atom is 0.227 e. The smallest absolute Gasteiger partial charge is 0.227 e. The van der Waals surface area contributed by atoms with Gasteiger partial charge >= 0.3 is 0 Å². The molecule has 1 aliphatic rings. The maximum absolute atomic E-state index is 12.3. The second kappa shape index (κ2) is 4.74. The summed E-state index contributed by atoms with van der Waals surface area (Å²) in [4.78, 5) is 12.3. The number of carbonyl (C=O) groups is 1. The van der Waals surface area contributed by atoms with Crippen molar-refractivity contribution in [3.8, 4) is 0 Å². The van der Waals surface area contributed by atoms with Crippen molar-refractivity contribution in [2.24, 2.45) is 17.1 Å². The third kappa shape index (κ3) is 2.40. The van der Waals surface area contributed by atoms with Gasteiger partial charge in [0.05, 0.1) is 5.41 Å². The molecule has 0 atom stereocenters. The van der Waals surface area contributed by atoms with E-state index in [4.69, 9.17) is 5.73 Å². The van der Waals surface area contributed by atoms with E-state index in [1.165, 1.54) is 0 Å². The standard InChI is InChI=1S/C13H26N2O/c1-5-12(4,6-2)15-11(16)13(9-14)7-10(3)8-13/h10H,5-9,14H2,1-4H3,(H,15,16). The Morgan fingerprint density at radius 2 is 1.94 bits per heavy atom. The largest absolute Gasteiger partial charge is 0.350 e. The van der Waals surface area contributed by atoms with Crippen molar-refractivity contribution >= 4 is 5.91 Å². The van der Waals surface area contributed by atoms with Crippen LogP contribution in [0.5, 0.6) is 0 Å². The SMILES string of the molecule is CCC(C)(CC)NC(=O)C1(CN)CC(C)C1. The van der Waals surface area contributed by atoms with Gasteiger partial charge in [-0.05, 0) is 38.5 Å². The molecule has 0 bridgehead atoms. The first-order chi connectivity index (χ1) is 7.41. The summed E-state index contributed by atoms with van der Waals surface area (Å²) < 4.78 is 0. The highest BCUT2D eigenvalue weighted by atomic mass is 16.2. The molecule has 3 heteroatoms. The molecule has 0 unspecified atom stereocenters. The molecule has 3 N–H and O–H groups in total. The Bertz CT molecular complexity index is 253. The fourth-order valence-electron chi connectivity index (χ4n) is 2.55. The van der Waals surface area contributed by atoms with Crippen LogP contribution in [0.15, 0.2) is 0 Å². The summed E-state index contributed by atoms with van der Waals surface area (Å²) in [7, 11) is 0. The maximum atomic E-state index is 12.3. The molecule has 1 rings (SSSR count). The van der Waals surface area contributed by atoms with Crippen molar-refractivity contribution < 1.29 is 4.79 Å². The minimum atomic E-state index is -0.273. The summed E-state index contributed by atoms with van der Waals surface area (Å²) in [6.45, 7) is 8.99. The average Bonchev–Trinajstić information content (AvgIpc) is 2.24. The molecule has 1 amide bonds. The molecule has 0 aliphatic heterocycles. The zero-order valence-corrected chi connectivity index (χ0v) is 11.1. The van der Waals surface area contributed by atoms with Crippen molar-refractivity contribution in [3.05, 3.63) is 0 Å². The van der Waals surface area contributed by atoms with Crippen LogP contribution in [0.2, 0.25) is 0 Å². The summed E-state index contributed by atoms with van der Waals surface area (Å²) >= 11 is 0. The Hall–Kier alpha value is -0.570. The van der Waals surface area contributed by atoms with E-state index in [1.807, 2.05) is 0 Å². The van der Waals surface area contributed by atoms with Crippen LogP contribution in [0.3, 0.4) is 0 Å². The first kappa shape index (κ1) is 13.5. The van der Waals surface area contributed by atoms with Gasteiger partial charge in [0.25, 0.3) is 0 Å². The van der Waals surface area contributed by atoms with Gasteiger partial charge in [-0.3, -0.25) is 4.79 Å². The first-order valence-corrected chi connectivity index (χ1v) is 6.44. The molecule has 0 saturated heterocycles. The molecule has 0 spiro atoms. The molecular formula is C13H26N2O. The van der Waals surface area contributed by atoms with Gasteiger partial charge in [0.2, 0.25) is 5.91 Å². The van der Waals surface area contributed by atoms with Crippen LogP contribution in [0, 0.1) is 11.3 Å². The molecule has 94 valence electrons. The second-order valence-corrected chi connectivity index (χ2v) is 5.72. The van der Waals surface area contributed by atoms with E-state index in [-0.39, 0.29) is 16.9 Å². The minimum Gasteiger partial charge on any atom is -0.350 e. The van der Waals surface area contributed by atoms with E-state index in [0.717, 1.165) is 25.7 Å². The van der Waals surface area contributed by atoms with Crippen LogP contribution < -0.4 is 11.1 Å². The van der Waals surface area contributed by atoms with Gasteiger partial charge in [0.15, 0.2) is 0 Å². The molecule has 1 saturated carbocycles. The minimum absolute atomic E-state index is 0.0713. The van der Waals surface area contributed by atoms with Gasteiger partial charge in [-0.25, -0.2) is 0 Å². The van der Waals surface area contributed by atoms with Crippen LogP contribution in [-0.4, -0.2) is 18.0 Å². The van der Waals surface area contributed by atoms with Gasteiger partial charge < -0.3 is 11.1 Å². The molecule has 0 aromatic rings. The lowest BCUT2D eigenvalue weighted by atomic mass is 9.62. The Morgan fingerprint density at radius 3 is 2.25 bits per heavy atom. The van der Waals surface area contributed by atoms with Crippen LogP contribution in [0.1, 0.15) is 53.4 Å². The van der Waals surface area contributed by atoms with Crippen molar-refractivity contribution in [3.63, 3.8) is 0 Å². The lowest BCUT2D eigenvalue weighted by molar-refractivity contribution is -0.140. The number of nitrogens with two attached hydrogens (primary N) is 1. The summed E-state index contributed by atoms with van der Waals surface area (Å²) in [5.41, 5.74) is 5.43. The van der Waals surface area contributed by atoms with Crippen molar-refractivity contribution in [1.82, 2.24) is 5.32 Å².